The van der Waals surface area contributed by atoms with Gasteiger partial charge in [0, 0.05) is 18.7 Å². The molecule has 2 atom stereocenters. The molecule has 114 valence electrons. The number of para-hydroxylation sites is 1. The number of β-amino-alcohol motifs (C(OH)–C–C–N with tert-alkyl or cyclic N) is 1. The molecule has 22 heavy (non-hydrogen) atoms. The molecule has 1 aliphatic heterocycles. The van der Waals surface area contributed by atoms with Gasteiger partial charge < -0.3 is 15.7 Å². The van der Waals surface area contributed by atoms with E-state index in [0.717, 1.165) is 11.3 Å². The van der Waals surface area contributed by atoms with Crippen molar-refractivity contribution in [1.29, 1.82) is 0 Å². The van der Waals surface area contributed by atoms with E-state index in [1.165, 1.54) is 12.1 Å². The second-order valence-electron chi connectivity index (χ2n) is 5.47. The highest BCUT2D eigenvalue weighted by Gasteiger charge is 2.34. The Labute approximate surface area is 128 Å². The van der Waals surface area contributed by atoms with Crippen LogP contribution < -0.4 is 10.6 Å². The van der Waals surface area contributed by atoms with E-state index in [0.29, 0.717) is 12.0 Å². The van der Waals surface area contributed by atoms with E-state index >= 15 is 0 Å². The number of nitrogens with two attached hydrogens (primary N) is 1. The molecule has 0 fully saturated rings. The number of amides is 1. The van der Waals surface area contributed by atoms with Crippen LogP contribution in [-0.2, 0) is 11.2 Å². The number of halogens is 1. The smallest absolute Gasteiger partial charge is 0.240 e. The summed E-state index contributed by atoms with van der Waals surface area (Å²) < 4.78 is 13.0. The molecule has 3 rings (SSSR count). The van der Waals surface area contributed by atoms with Crippen LogP contribution in [0.2, 0.25) is 0 Å². The van der Waals surface area contributed by atoms with E-state index in [2.05, 4.69) is 0 Å². The van der Waals surface area contributed by atoms with Crippen molar-refractivity contribution in [2.75, 3.05) is 11.4 Å². The standard InChI is InChI=1S/C17H17FN2O2/c18-13-7-5-11(6-8-13)16(21)10-20-14-4-2-1-3-12(14)9-15(20)17(19)22/h1-8,15-16,21H,9-10H2,(H2,19,22)/t15-,16?/m0/s1. The van der Waals surface area contributed by atoms with Crippen LogP contribution in [0.3, 0.4) is 0 Å². The van der Waals surface area contributed by atoms with Crippen molar-refractivity contribution in [3.05, 3.63) is 65.5 Å². The highest BCUT2D eigenvalue weighted by Crippen LogP contribution is 2.33. The third-order valence-electron chi connectivity index (χ3n) is 4.04. The molecule has 0 spiro atoms. The molecule has 0 saturated heterocycles. The van der Waals surface area contributed by atoms with E-state index in [1.807, 2.05) is 29.2 Å². The van der Waals surface area contributed by atoms with E-state index in [-0.39, 0.29) is 12.4 Å². The molecule has 0 aromatic heterocycles. The molecule has 1 aliphatic rings. The summed E-state index contributed by atoms with van der Waals surface area (Å²) in [5, 5.41) is 10.4. The fraction of sp³-hybridized carbons (Fsp3) is 0.235. The van der Waals surface area contributed by atoms with Crippen LogP contribution in [0.5, 0.6) is 0 Å². The highest BCUT2D eigenvalue weighted by atomic mass is 19.1. The lowest BCUT2D eigenvalue weighted by Gasteiger charge is -2.28. The van der Waals surface area contributed by atoms with Crippen LogP contribution in [0, 0.1) is 5.82 Å². The molecule has 1 amide bonds. The summed E-state index contributed by atoms with van der Waals surface area (Å²) >= 11 is 0. The summed E-state index contributed by atoms with van der Waals surface area (Å²) in [6, 6.07) is 12.9. The highest BCUT2D eigenvalue weighted by molar-refractivity contribution is 5.86. The zero-order valence-corrected chi connectivity index (χ0v) is 11.9. The predicted molar refractivity (Wildman–Crippen MR) is 81.8 cm³/mol. The van der Waals surface area contributed by atoms with Gasteiger partial charge in [-0.1, -0.05) is 30.3 Å². The molecule has 3 N–H and O–H groups in total. The Kier molecular flexibility index (Phi) is 3.81. The lowest BCUT2D eigenvalue weighted by atomic mass is 10.1. The molecule has 0 saturated carbocycles. The van der Waals surface area contributed by atoms with Crippen molar-refractivity contribution < 1.29 is 14.3 Å². The number of fused-ring (bicyclic) bond motifs is 1. The molecule has 5 heteroatoms. The summed E-state index contributed by atoms with van der Waals surface area (Å²) in [6.07, 6.45) is -0.282. The van der Waals surface area contributed by atoms with Gasteiger partial charge >= 0.3 is 0 Å². The average molecular weight is 300 g/mol. The topological polar surface area (TPSA) is 66.6 Å². The van der Waals surface area contributed by atoms with Gasteiger partial charge in [-0.25, -0.2) is 4.39 Å². The van der Waals surface area contributed by atoms with Gasteiger partial charge in [0.1, 0.15) is 11.9 Å². The quantitative estimate of drug-likeness (QED) is 0.904. The van der Waals surface area contributed by atoms with E-state index in [9.17, 15) is 14.3 Å². The molecular formula is C17H17FN2O2. The first-order valence-corrected chi connectivity index (χ1v) is 7.13. The van der Waals surface area contributed by atoms with Crippen LogP contribution in [0.1, 0.15) is 17.2 Å². The second-order valence-corrected chi connectivity index (χ2v) is 5.47. The number of benzene rings is 2. The number of anilines is 1. The Morgan fingerprint density at radius 2 is 1.95 bits per heavy atom. The zero-order valence-electron chi connectivity index (χ0n) is 11.9. The fourth-order valence-electron chi connectivity index (χ4n) is 2.91. The number of rotatable bonds is 4. The van der Waals surface area contributed by atoms with Gasteiger partial charge in [-0.15, -0.1) is 0 Å². The minimum atomic E-state index is -0.825. The minimum absolute atomic E-state index is 0.232. The molecule has 2 aromatic rings. The maximum Gasteiger partial charge on any atom is 0.240 e. The number of carbonyl (C=O) groups is 1. The number of aliphatic hydroxyl groups excluding tert-OH is 1. The maximum absolute atomic E-state index is 13.0. The van der Waals surface area contributed by atoms with Crippen LogP contribution in [0.15, 0.2) is 48.5 Å². The molecule has 4 nitrogen and oxygen atoms in total. The fourth-order valence-corrected chi connectivity index (χ4v) is 2.91. The van der Waals surface area contributed by atoms with Crippen LogP contribution in [0.25, 0.3) is 0 Å². The van der Waals surface area contributed by atoms with E-state index in [1.54, 1.807) is 12.1 Å². The van der Waals surface area contributed by atoms with Gasteiger partial charge in [0.25, 0.3) is 0 Å². The number of aliphatic hydroxyl groups is 1. The molecule has 1 heterocycles. The first-order chi connectivity index (χ1) is 10.6. The Hall–Kier alpha value is -2.40. The number of primary amides is 1. The van der Waals surface area contributed by atoms with Gasteiger partial charge in [-0.05, 0) is 29.3 Å². The Morgan fingerprint density at radius 3 is 2.64 bits per heavy atom. The largest absolute Gasteiger partial charge is 0.387 e. The van der Waals surface area contributed by atoms with Gasteiger partial charge in [-0.2, -0.15) is 0 Å². The van der Waals surface area contributed by atoms with E-state index < -0.39 is 18.1 Å². The van der Waals surface area contributed by atoms with Crippen molar-refractivity contribution in [1.82, 2.24) is 0 Å². The third-order valence-corrected chi connectivity index (χ3v) is 4.04. The van der Waals surface area contributed by atoms with Crippen LogP contribution >= 0.6 is 0 Å². The molecule has 0 bridgehead atoms. The van der Waals surface area contributed by atoms with Crippen molar-refractivity contribution in [3.63, 3.8) is 0 Å². The maximum atomic E-state index is 13.0. The Bertz CT molecular complexity index is 687. The monoisotopic (exact) mass is 300 g/mol. The van der Waals surface area contributed by atoms with E-state index in [4.69, 9.17) is 5.73 Å². The molecule has 0 radical (unpaired) electrons. The summed E-state index contributed by atoms with van der Waals surface area (Å²) in [5.41, 5.74) is 8.04. The first-order valence-electron chi connectivity index (χ1n) is 7.13. The molecule has 1 unspecified atom stereocenters. The normalized spacial score (nSPS) is 18.1. The van der Waals surface area contributed by atoms with Crippen molar-refractivity contribution in [2.45, 2.75) is 18.6 Å². The molecule has 0 aliphatic carbocycles. The summed E-state index contributed by atoms with van der Waals surface area (Å²) in [5.74, 6) is -0.764. The zero-order chi connectivity index (χ0) is 15.7. The Balaban J connectivity index is 1.85. The number of carbonyl (C=O) groups excluding carboxylic acids is 1. The van der Waals surface area contributed by atoms with Gasteiger partial charge in [0.15, 0.2) is 0 Å². The SMILES string of the molecule is NC(=O)[C@@H]1Cc2ccccc2N1CC(O)c1ccc(F)cc1. The van der Waals surface area contributed by atoms with Gasteiger partial charge in [0.05, 0.1) is 6.10 Å². The van der Waals surface area contributed by atoms with Crippen molar-refractivity contribution >= 4 is 11.6 Å². The van der Waals surface area contributed by atoms with Crippen molar-refractivity contribution in [2.24, 2.45) is 5.73 Å². The third kappa shape index (κ3) is 2.67. The number of hydrogen-bond acceptors (Lipinski definition) is 3. The molecule has 2 aromatic carbocycles. The summed E-state index contributed by atoms with van der Waals surface area (Å²) in [4.78, 5) is 13.5. The van der Waals surface area contributed by atoms with Crippen LogP contribution in [-0.4, -0.2) is 23.6 Å². The van der Waals surface area contributed by atoms with Crippen molar-refractivity contribution in [3.8, 4) is 0 Å². The number of hydrogen-bond donors (Lipinski definition) is 2. The molecular weight excluding hydrogens is 283 g/mol. The lowest BCUT2D eigenvalue weighted by Crippen LogP contribution is -2.44. The van der Waals surface area contributed by atoms with Crippen LogP contribution in [0.4, 0.5) is 10.1 Å². The summed E-state index contributed by atoms with van der Waals surface area (Å²) in [7, 11) is 0. The predicted octanol–water partition coefficient (Wildman–Crippen LogP) is 1.78. The summed E-state index contributed by atoms with van der Waals surface area (Å²) in [6.45, 7) is 0.232. The second kappa shape index (κ2) is 5.77. The van der Waals surface area contributed by atoms with Gasteiger partial charge in [-0.3, -0.25) is 4.79 Å². The first kappa shape index (κ1) is 14.5. The number of nitrogens with zero attached hydrogens (tertiary/aromatic N) is 1. The lowest BCUT2D eigenvalue weighted by molar-refractivity contribution is -0.119. The average Bonchev–Trinajstić information content (AvgIpc) is 2.87. The Morgan fingerprint density at radius 1 is 1.27 bits per heavy atom. The van der Waals surface area contributed by atoms with Gasteiger partial charge in [0.2, 0.25) is 5.91 Å². The minimum Gasteiger partial charge on any atom is -0.387 e.